The van der Waals surface area contributed by atoms with Gasteiger partial charge in [0.1, 0.15) is 0 Å². The first-order valence-corrected chi connectivity index (χ1v) is 6.12. The van der Waals surface area contributed by atoms with Gasteiger partial charge in [-0.15, -0.1) is 0 Å². The van der Waals surface area contributed by atoms with Gasteiger partial charge >= 0.3 is 0 Å². The zero-order chi connectivity index (χ0) is 10.7. The van der Waals surface area contributed by atoms with Crippen molar-refractivity contribution in [1.29, 1.82) is 0 Å². The van der Waals surface area contributed by atoms with Crippen molar-refractivity contribution in [3.8, 4) is 0 Å². The largest absolute Gasteiger partial charge is 0.352 e. The van der Waals surface area contributed by atoms with Gasteiger partial charge in [0.2, 0.25) is 0 Å². The first kappa shape index (κ1) is 11.2. The Kier molecular flexibility index (Phi) is 3.47. The topological polar surface area (TPSA) is 18.5 Å². The maximum absolute atomic E-state index is 5.87. The number of rotatable bonds is 2. The summed E-state index contributed by atoms with van der Waals surface area (Å²) in [5.74, 6) is 0.580. The molecule has 2 aliphatic rings. The van der Waals surface area contributed by atoms with Gasteiger partial charge in [0.15, 0.2) is 6.29 Å². The normalized spacial score (nSPS) is 41.7. The molecule has 1 atom stereocenters. The molecule has 1 unspecified atom stereocenters. The standard InChI is InChI=1S/C13H22O2/c1-3-13(2)9-14-12(15-10-13)11-7-5-4-6-8-11/h4-5,11-12H,3,6-10H2,1-2H3. The Labute approximate surface area is 92.6 Å². The lowest BCUT2D eigenvalue weighted by atomic mass is 9.87. The van der Waals surface area contributed by atoms with E-state index in [0.717, 1.165) is 26.1 Å². The number of ether oxygens (including phenoxy) is 2. The molecule has 0 radical (unpaired) electrons. The summed E-state index contributed by atoms with van der Waals surface area (Å²) >= 11 is 0. The molecule has 0 spiro atoms. The molecule has 0 N–H and O–H groups in total. The van der Waals surface area contributed by atoms with Crippen LogP contribution in [0.3, 0.4) is 0 Å². The van der Waals surface area contributed by atoms with Crippen LogP contribution < -0.4 is 0 Å². The van der Waals surface area contributed by atoms with Crippen molar-refractivity contribution in [2.75, 3.05) is 13.2 Å². The molecule has 1 aliphatic heterocycles. The van der Waals surface area contributed by atoms with Crippen molar-refractivity contribution < 1.29 is 9.47 Å². The lowest BCUT2D eigenvalue weighted by Crippen LogP contribution is -2.42. The molecule has 1 saturated heterocycles. The Morgan fingerprint density at radius 2 is 2.00 bits per heavy atom. The zero-order valence-electron chi connectivity index (χ0n) is 9.87. The summed E-state index contributed by atoms with van der Waals surface area (Å²) in [5, 5.41) is 0. The average molecular weight is 210 g/mol. The minimum absolute atomic E-state index is 0.0505. The highest BCUT2D eigenvalue weighted by Gasteiger charge is 2.34. The fraction of sp³-hybridized carbons (Fsp3) is 0.846. The van der Waals surface area contributed by atoms with Crippen molar-refractivity contribution in [3.05, 3.63) is 12.2 Å². The average Bonchev–Trinajstić information content (AvgIpc) is 2.31. The summed E-state index contributed by atoms with van der Waals surface area (Å²) in [5.41, 5.74) is 0.237. The van der Waals surface area contributed by atoms with E-state index in [1.165, 1.54) is 12.8 Å². The van der Waals surface area contributed by atoms with Gasteiger partial charge in [-0.25, -0.2) is 0 Å². The monoisotopic (exact) mass is 210 g/mol. The van der Waals surface area contributed by atoms with Crippen LogP contribution in [0.2, 0.25) is 0 Å². The molecule has 0 bridgehead atoms. The molecule has 0 saturated carbocycles. The maximum atomic E-state index is 5.87. The van der Waals surface area contributed by atoms with Crippen LogP contribution in [-0.4, -0.2) is 19.5 Å². The third kappa shape index (κ3) is 2.61. The minimum Gasteiger partial charge on any atom is -0.352 e. The summed E-state index contributed by atoms with van der Waals surface area (Å²) in [6.45, 7) is 6.16. The summed E-state index contributed by atoms with van der Waals surface area (Å²) in [7, 11) is 0. The molecule has 0 aromatic carbocycles. The molecule has 2 nitrogen and oxygen atoms in total. The molecule has 1 aliphatic carbocycles. The van der Waals surface area contributed by atoms with Crippen molar-refractivity contribution in [2.45, 2.75) is 45.8 Å². The van der Waals surface area contributed by atoms with E-state index in [2.05, 4.69) is 26.0 Å². The van der Waals surface area contributed by atoms with E-state index in [9.17, 15) is 0 Å². The Bertz CT molecular complexity index is 227. The Balaban J connectivity index is 1.85. The molecule has 2 heteroatoms. The molecule has 1 fully saturated rings. The Hall–Kier alpha value is -0.340. The van der Waals surface area contributed by atoms with Crippen LogP contribution >= 0.6 is 0 Å². The lowest BCUT2D eigenvalue weighted by molar-refractivity contribution is -0.248. The quantitative estimate of drug-likeness (QED) is 0.652. The van der Waals surface area contributed by atoms with Gasteiger partial charge in [-0.2, -0.15) is 0 Å². The molecule has 15 heavy (non-hydrogen) atoms. The number of allylic oxidation sites excluding steroid dienone is 2. The predicted molar refractivity (Wildman–Crippen MR) is 60.6 cm³/mol. The van der Waals surface area contributed by atoms with Crippen LogP contribution in [0.4, 0.5) is 0 Å². The van der Waals surface area contributed by atoms with Gasteiger partial charge in [0.05, 0.1) is 13.2 Å². The van der Waals surface area contributed by atoms with E-state index in [-0.39, 0.29) is 11.7 Å². The van der Waals surface area contributed by atoms with Crippen LogP contribution in [0.5, 0.6) is 0 Å². The fourth-order valence-corrected chi connectivity index (χ4v) is 2.20. The SMILES string of the molecule is CCC1(C)COC(C2CC=CCC2)OC1. The summed E-state index contributed by atoms with van der Waals surface area (Å²) in [6.07, 6.45) is 9.21. The van der Waals surface area contributed by atoms with E-state index in [1.54, 1.807) is 0 Å². The van der Waals surface area contributed by atoms with E-state index in [1.807, 2.05) is 0 Å². The van der Waals surface area contributed by atoms with Gasteiger partial charge in [-0.3, -0.25) is 0 Å². The molecular formula is C13H22O2. The molecule has 0 amide bonds. The highest BCUT2D eigenvalue weighted by Crippen LogP contribution is 2.33. The molecular weight excluding hydrogens is 188 g/mol. The van der Waals surface area contributed by atoms with Crippen LogP contribution in [0.25, 0.3) is 0 Å². The Morgan fingerprint density at radius 3 is 2.53 bits per heavy atom. The second-order valence-electron chi connectivity index (χ2n) is 5.20. The van der Waals surface area contributed by atoms with Crippen molar-refractivity contribution in [2.24, 2.45) is 11.3 Å². The number of hydrogen-bond acceptors (Lipinski definition) is 2. The van der Waals surface area contributed by atoms with E-state index < -0.39 is 0 Å². The maximum Gasteiger partial charge on any atom is 0.160 e. The van der Waals surface area contributed by atoms with Crippen LogP contribution in [0.15, 0.2) is 12.2 Å². The van der Waals surface area contributed by atoms with E-state index in [4.69, 9.17) is 9.47 Å². The second-order valence-corrected chi connectivity index (χ2v) is 5.20. The molecule has 86 valence electrons. The van der Waals surface area contributed by atoms with Crippen molar-refractivity contribution >= 4 is 0 Å². The van der Waals surface area contributed by atoms with Gasteiger partial charge in [0.25, 0.3) is 0 Å². The molecule has 2 rings (SSSR count). The molecule has 1 heterocycles. The Morgan fingerprint density at radius 1 is 1.27 bits per heavy atom. The molecule has 0 aromatic rings. The van der Waals surface area contributed by atoms with E-state index in [0.29, 0.717) is 5.92 Å². The third-order valence-corrected chi connectivity index (χ3v) is 3.74. The fourth-order valence-electron chi connectivity index (χ4n) is 2.20. The van der Waals surface area contributed by atoms with Gasteiger partial charge in [-0.05, 0) is 25.7 Å². The van der Waals surface area contributed by atoms with Gasteiger partial charge < -0.3 is 9.47 Å². The highest BCUT2D eigenvalue weighted by atomic mass is 16.7. The van der Waals surface area contributed by atoms with Crippen LogP contribution in [0, 0.1) is 11.3 Å². The van der Waals surface area contributed by atoms with E-state index >= 15 is 0 Å². The van der Waals surface area contributed by atoms with Crippen LogP contribution in [-0.2, 0) is 9.47 Å². The predicted octanol–water partition coefficient (Wildman–Crippen LogP) is 3.13. The zero-order valence-corrected chi connectivity index (χ0v) is 9.87. The smallest absolute Gasteiger partial charge is 0.160 e. The summed E-state index contributed by atoms with van der Waals surface area (Å²) < 4.78 is 11.7. The first-order chi connectivity index (χ1) is 7.23. The lowest BCUT2D eigenvalue weighted by Gasteiger charge is -2.40. The summed E-state index contributed by atoms with van der Waals surface area (Å²) in [6, 6.07) is 0. The van der Waals surface area contributed by atoms with Crippen molar-refractivity contribution in [1.82, 2.24) is 0 Å². The minimum atomic E-state index is 0.0505. The van der Waals surface area contributed by atoms with Gasteiger partial charge in [0, 0.05) is 11.3 Å². The second kappa shape index (κ2) is 4.67. The summed E-state index contributed by atoms with van der Waals surface area (Å²) in [4.78, 5) is 0. The van der Waals surface area contributed by atoms with Crippen LogP contribution in [0.1, 0.15) is 39.5 Å². The third-order valence-electron chi connectivity index (χ3n) is 3.74. The highest BCUT2D eigenvalue weighted by molar-refractivity contribution is 4.92. The van der Waals surface area contributed by atoms with Crippen molar-refractivity contribution in [3.63, 3.8) is 0 Å². The van der Waals surface area contributed by atoms with Gasteiger partial charge in [-0.1, -0.05) is 26.0 Å². The first-order valence-electron chi connectivity index (χ1n) is 6.12. The molecule has 0 aromatic heterocycles. The number of hydrogen-bond donors (Lipinski definition) is 0.